The number of carbonyl (C=O) groups excluding carboxylic acids is 1. The zero-order chi connectivity index (χ0) is 17.1. The zero-order valence-corrected chi connectivity index (χ0v) is 14.2. The SMILES string of the molecule is CCOC(=O)c1nn(-c2cnc(OC)c(C)c2)c2c1CCOCC2. The molecule has 0 fully saturated rings. The zero-order valence-electron chi connectivity index (χ0n) is 14.2. The van der Waals surface area contributed by atoms with E-state index in [2.05, 4.69) is 10.1 Å². The number of ether oxygens (including phenoxy) is 3. The minimum absolute atomic E-state index is 0.320. The van der Waals surface area contributed by atoms with Gasteiger partial charge in [0, 0.05) is 24.0 Å². The molecule has 0 N–H and O–H groups in total. The first-order valence-electron chi connectivity index (χ1n) is 8.02. The number of rotatable bonds is 4. The van der Waals surface area contributed by atoms with E-state index in [0.717, 1.165) is 22.5 Å². The van der Waals surface area contributed by atoms with Crippen LogP contribution in [-0.2, 0) is 22.3 Å². The van der Waals surface area contributed by atoms with Crippen LogP contribution in [0.5, 0.6) is 5.88 Å². The number of nitrogens with zero attached hydrogens (tertiary/aromatic N) is 3. The lowest BCUT2D eigenvalue weighted by Crippen LogP contribution is -2.10. The Morgan fingerprint density at radius 2 is 2.17 bits per heavy atom. The average molecular weight is 331 g/mol. The fraction of sp³-hybridized carbons (Fsp3) is 0.471. The van der Waals surface area contributed by atoms with Gasteiger partial charge in [-0.15, -0.1) is 0 Å². The number of methoxy groups -OCH3 is 1. The molecule has 128 valence electrons. The molecular formula is C17H21N3O4. The first kappa shape index (κ1) is 16.4. The summed E-state index contributed by atoms with van der Waals surface area (Å²) in [5.74, 6) is 0.179. The van der Waals surface area contributed by atoms with Gasteiger partial charge in [-0.05, 0) is 19.9 Å². The van der Waals surface area contributed by atoms with E-state index in [1.54, 1.807) is 24.9 Å². The molecular weight excluding hydrogens is 310 g/mol. The number of aryl methyl sites for hydroxylation is 1. The molecule has 7 nitrogen and oxygen atoms in total. The van der Waals surface area contributed by atoms with Crippen LogP contribution in [-0.4, -0.2) is 47.7 Å². The lowest BCUT2D eigenvalue weighted by atomic mass is 10.1. The molecule has 2 aromatic heterocycles. The monoisotopic (exact) mass is 331 g/mol. The van der Waals surface area contributed by atoms with Gasteiger partial charge in [0.2, 0.25) is 5.88 Å². The normalized spacial score (nSPS) is 14.0. The van der Waals surface area contributed by atoms with Crippen LogP contribution in [0.2, 0.25) is 0 Å². The van der Waals surface area contributed by atoms with Gasteiger partial charge in [-0.2, -0.15) is 5.10 Å². The van der Waals surface area contributed by atoms with Gasteiger partial charge in [0.1, 0.15) is 0 Å². The lowest BCUT2D eigenvalue weighted by Gasteiger charge is -2.09. The van der Waals surface area contributed by atoms with Gasteiger partial charge in [-0.25, -0.2) is 14.5 Å². The van der Waals surface area contributed by atoms with Gasteiger partial charge >= 0.3 is 5.97 Å². The molecule has 0 aliphatic carbocycles. The summed E-state index contributed by atoms with van der Waals surface area (Å²) >= 11 is 0. The van der Waals surface area contributed by atoms with Gasteiger partial charge < -0.3 is 14.2 Å². The van der Waals surface area contributed by atoms with Crippen molar-refractivity contribution in [1.82, 2.24) is 14.8 Å². The summed E-state index contributed by atoms with van der Waals surface area (Å²) in [6, 6.07) is 1.94. The fourth-order valence-corrected chi connectivity index (χ4v) is 2.90. The Bertz CT molecular complexity index is 755. The van der Waals surface area contributed by atoms with Crippen LogP contribution < -0.4 is 4.74 Å². The van der Waals surface area contributed by atoms with Crippen molar-refractivity contribution in [1.29, 1.82) is 0 Å². The maximum absolute atomic E-state index is 12.3. The number of hydrogen-bond acceptors (Lipinski definition) is 6. The van der Waals surface area contributed by atoms with Crippen LogP contribution in [0.3, 0.4) is 0 Å². The van der Waals surface area contributed by atoms with Crippen molar-refractivity contribution in [2.75, 3.05) is 26.9 Å². The Morgan fingerprint density at radius 1 is 1.38 bits per heavy atom. The summed E-state index contributed by atoms with van der Waals surface area (Å²) in [5, 5.41) is 4.52. The second-order valence-corrected chi connectivity index (χ2v) is 5.54. The third-order valence-electron chi connectivity index (χ3n) is 3.99. The standard InChI is InChI=1S/C17H21N3O4/c1-4-24-17(21)15-13-5-7-23-8-6-14(13)20(19-15)12-9-11(2)16(22-3)18-10-12/h9-10H,4-8H2,1-3H3. The number of hydrogen-bond donors (Lipinski definition) is 0. The maximum atomic E-state index is 12.3. The van der Waals surface area contributed by atoms with Crippen molar-refractivity contribution >= 4 is 5.97 Å². The quantitative estimate of drug-likeness (QED) is 0.796. The second kappa shape index (κ2) is 7.00. The van der Waals surface area contributed by atoms with Crippen LogP contribution in [0.25, 0.3) is 5.69 Å². The predicted octanol–water partition coefficient (Wildman–Crippen LogP) is 1.88. The first-order chi connectivity index (χ1) is 11.7. The number of fused-ring (bicyclic) bond motifs is 1. The Balaban J connectivity index is 2.10. The predicted molar refractivity (Wildman–Crippen MR) is 86.8 cm³/mol. The van der Waals surface area contributed by atoms with E-state index in [0.29, 0.717) is 44.2 Å². The molecule has 0 saturated heterocycles. The Morgan fingerprint density at radius 3 is 2.88 bits per heavy atom. The van der Waals surface area contributed by atoms with Crippen LogP contribution in [0.4, 0.5) is 0 Å². The molecule has 0 aromatic carbocycles. The highest BCUT2D eigenvalue weighted by Crippen LogP contribution is 2.25. The molecule has 1 aliphatic heterocycles. The highest BCUT2D eigenvalue weighted by atomic mass is 16.5. The van der Waals surface area contributed by atoms with E-state index in [1.165, 1.54) is 0 Å². The minimum atomic E-state index is -0.396. The third kappa shape index (κ3) is 2.99. The van der Waals surface area contributed by atoms with Gasteiger partial charge in [-0.1, -0.05) is 0 Å². The van der Waals surface area contributed by atoms with E-state index < -0.39 is 5.97 Å². The molecule has 3 heterocycles. The molecule has 0 unspecified atom stereocenters. The minimum Gasteiger partial charge on any atom is -0.481 e. The van der Waals surface area contributed by atoms with Crippen molar-refractivity contribution in [2.24, 2.45) is 0 Å². The molecule has 0 spiro atoms. The fourth-order valence-electron chi connectivity index (χ4n) is 2.90. The van der Waals surface area contributed by atoms with E-state index in [9.17, 15) is 4.79 Å². The lowest BCUT2D eigenvalue weighted by molar-refractivity contribution is 0.0517. The highest BCUT2D eigenvalue weighted by Gasteiger charge is 2.26. The van der Waals surface area contributed by atoms with Gasteiger partial charge in [0.25, 0.3) is 0 Å². The van der Waals surface area contributed by atoms with E-state index in [1.807, 2.05) is 13.0 Å². The van der Waals surface area contributed by atoms with Gasteiger partial charge in [0.05, 0.1) is 44.5 Å². The number of carbonyl (C=O) groups is 1. The van der Waals surface area contributed by atoms with E-state index >= 15 is 0 Å². The summed E-state index contributed by atoms with van der Waals surface area (Å²) in [5.41, 5.74) is 3.94. The molecule has 7 heteroatoms. The Hall–Kier alpha value is -2.41. The van der Waals surface area contributed by atoms with Crippen LogP contribution in [0.1, 0.15) is 34.2 Å². The summed E-state index contributed by atoms with van der Waals surface area (Å²) in [4.78, 5) is 16.6. The van der Waals surface area contributed by atoms with Crippen LogP contribution in [0.15, 0.2) is 12.3 Å². The molecule has 1 aliphatic rings. The summed E-state index contributed by atoms with van der Waals surface area (Å²) in [6.07, 6.45) is 3.03. The first-order valence-corrected chi connectivity index (χ1v) is 8.02. The molecule has 0 amide bonds. The van der Waals surface area contributed by atoms with Gasteiger partial charge in [0.15, 0.2) is 5.69 Å². The molecule has 0 radical (unpaired) electrons. The highest BCUT2D eigenvalue weighted by molar-refractivity contribution is 5.89. The topological polar surface area (TPSA) is 75.5 Å². The molecule has 0 bridgehead atoms. The van der Waals surface area contributed by atoms with Crippen LogP contribution in [0, 0.1) is 6.92 Å². The van der Waals surface area contributed by atoms with Crippen molar-refractivity contribution in [3.8, 4) is 11.6 Å². The summed E-state index contributed by atoms with van der Waals surface area (Å²) in [6.45, 7) is 5.20. The summed E-state index contributed by atoms with van der Waals surface area (Å²) in [7, 11) is 1.59. The van der Waals surface area contributed by atoms with E-state index in [-0.39, 0.29) is 0 Å². The number of esters is 1. The second-order valence-electron chi connectivity index (χ2n) is 5.54. The smallest absolute Gasteiger partial charge is 0.359 e. The van der Waals surface area contributed by atoms with Crippen LogP contribution >= 0.6 is 0 Å². The van der Waals surface area contributed by atoms with Crippen molar-refractivity contribution < 1.29 is 19.0 Å². The third-order valence-corrected chi connectivity index (χ3v) is 3.99. The molecule has 24 heavy (non-hydrogen) atoms. The number of pyridine rings is 1. The Kier molecular flexibility index (Phi) is 4.80. The average Bonchev–Trinajstić information content (AvgIpc) is 2.76. The molecule has 3 rings (SSSR count). The summed E-state index contributed by atoms with van der Waals surface area (Å²) < 4.78 is 17.7. The molecule has 2 aromatic rings. The molecule has 0 atom stereocenters. The largest absolute Gasteiger partial charge is 0.481 e. The van der Waals surface area contributed by atoms with Crippen molar-refractivity contribution in [2.45, 2.75) is 26.7 Å². The van der Waals surface area contributed by atoms with Gasteiger partial charge in [-0.3, -0.25) is 0 Å². The van der Waals surface area contributed by atoms with Crippen molar-refractivity contribution in [3.05, 3.63) is 34.8 Å². The maximum Gasteiger partial charge on any atom is 0.359 e. The van der Waals surface area contributed by atoms with Crippen molar-refractivity contribution in [3.63, 3.8) is 0 Å². The molecule has 0 saturated carbocycles. The van der Waals surface area contributed by atoms with E-state index in [4.69, 9.17) is 14.2 Å². The number of aromatic nitrogens is 3. The Labute approximate surface area is 140 Å².